The van der Waals surface area contributed by atoms with Gasteiger partial charge in [-0.05, 0) is 127 Å². The van der Waals surface area contributed by atoms with E-state index in [9.17, 15) is 23.4 Å². The normalized spacial score (nSPS) is 39.5. The number of carbonyl (C=O) groups excluding carboxylic acids is 1. The van der Waals surface area contributed by atoms with Crippen molar-refractivity contribution in [2.24, 2.45) is 52.3 Å². The fraction of sp³-hybridized carbons (Fsp3) is 0.806. The number of hydrogen-bond donors (Lipinski definition) is 4. The van der Waals surface area contributed by atoms with E-state index in [2.05, 4.69) is 58.5 Å². The van der Waals surface area contributed by atoms with Crippen molar-refractivity contribution in [3.05, 3.63) is 29.8 Å². The molecule has 1 aromatic carbocycles. The summed E-state index contributed by atoms with van der Waals surface area (Å²) in [5.41, 5.74) is 1.29. The molecule has 0 saturated heterocycles. The summed E-state index contributed by atoms with van der Waals surface area (Å²) in [7, 11) is -3.95. The van der Waals surface area contributed by atoms with Crippen molar-refractivity contribution in [3.63, 3.8) is 0 Å². The highest BCUT2D eigenvalue weighted by atomic mass is 32.2. The topological polar surface area (TPSA) is 116 Å². The number of rotatable bonds is 7. The van der Waals surface area contributed by atoms with Crippen LogP contribution in [-0.2, 0) is 15.4 Å². The van der Waals surface area contributed by atoms with Crippen molar-refractivity contribution < 1.29 is 23.4 Å². The molecule has 44 heavy (non-hydrogen) atoms. The number of benzene rings is 1. The molecular weight excluding hydrogens is 572 g/mol. The highest BCUT2D eigenvalue weighted by molar-refractivity contribution is 7.90. The molecular formula is C36H58N2O5S. The molecule has 0 spiro atoms. The van der Waals surface area contributed by atoms with Gasteiger partial charge in [0, 0.05) is 6.54 Å². The molecule has 0 bridgehead atoms. The van der Waals surface area contributed by atoms with Gasteiger partial charge in [0.1, 0.15) is 0 Å². The Bertz CT molecular complexity index is 1290. The molecule has 0 aromatic heterocycles. The largest absolute Gasteiger partial charge is 0.393 e. The molecule has 4 saturated carbocycles. The van der Waals surface area contributed by atoms with Crippen molar-refractivity contribution >= 4 is 16.1 Å². The number of nitrogens with one attached hydrogen (secondary N) is 2. The number of aliphatic hydroxyl groups excluding tert-OH is 2. The minimum absolute atomic E-state index is 0.0781. The van der Waals surface area contributed by atoms with Crippen molar-refractivity contribution in [3.8, 4) is 0 Å². The Kier molecular flexibility index (Phi) is 9.34. The Balaban J connectivity index is 1.19. The van der Waals surface area contributed by atoms with Crippen LogP contribution in [0.25, 0.3) is 0 Å². The Hall–Kier alpha value is -1.64. The lowest BCUT2D eigenvalue weighted by Crippen LogP contribution is -2.62. The van der Waals surface area contributed by atoms with Gasteiger partial charge in [0.05, 0.1) is 17.1 Å². The summed E-state index contributed by atoms with van der Waals surface area (Å²) in [4.78, 5) is 12.7. The van der Waals surface area contributed by atoms with Gasteiger partial charge in [-0.3, -0.25) is 0 Å². The lowest BCUT2D eigenvalue weighted by molar-refractivity contribution is -0.203. The molecule has 1 aromatic rings. The van der Waals surface area contributed by atoms with Gasteiger partial charge >= 0.3 is 6.03 Å². The Morgan fingerprint density at radius 2 is 1.61 bits per heavy atom. The number of carbonyl (C=O) groups is 1. The predicted molar refractivity (Wildman–Crippen MR) is 174 cm³/mol. The molecule has 0 heterocycles. The van der Waals surface area contributed by atoms with Crippen LogP contribution in [0.3, 0.4) is 0 Å². The number of sulfonamides is 1. The molecule has 248 valence electrons. The van der Waals surface area contributed by atoms with Gasteiger partial charge < -0.3 is 15.5 Å². The summed E-state index contributed by atoms with van der Waals surface area (Å²) < 4.78 is 27.8. The molecule has 0 radical (unpaired) electrons. The first-order chi connectivity index (χ1) is 20.5. The number of urea groups is 1. The minimum atomic E-state index is -3.95. The fourth-order valence-electron chi connectivity index (χ4n) is 10.9. The molecule has 1 unspecified atom stereocenters. The summed E-state index contributed by atoms with van der Waals surface area (Å²) in [6.45, 7) is 16.1. The molecule has 0 aliphatic heterocycles. The Morgan fingerprint density at radius 3 is 2.25 bits per heavy atom. The van der Waals surface area contributed by atoms with Crippen LogP contribution < -0.4 is 10.0 Å². The quantitative estimate of drug-likeness (QED) is 0.270. The molecule has 5 rings (SSSR count). The zero-order valence-corrected chi connectivity index (χ0v) is 28.9. The number of amides is 2. The molecule has 4 aliphatic rings. The van der Waals surface area contributed by atoms with Crippen LogP contribution in [0, 0.1) is 52.3 Å². The van der Waals surface area contributed by atoms with Gasteiger partial charge in [0.25, 0.3) is 10.0 Å². The number of hydrogen-bond acceptors (Lipinski definition) is 5. The van der Waals surface area contributed by atoms with Crippen LogP contribution in [0.2, 0.25) is 0 Å². The van der Waals surface area contributed by atoms with Crippen molar-refractivity contribution in [1.82, 2.24) is 10.0 Å². The summed E-state index contributed by atoms with van der Waals surface area (Å²) in [6.07, 6.45) is 8.60. The SMILES string of the molecule is CC[C@H]1[C@@H](O)[C@@H]2[C@H](CC[C@]3(C)C([C@H](C)CCNC(=O)NS(=O)(=O)c4ccc(C(C)(C)C)cc4)CC[C@@H]23)[C@@]2(C)CC[C@@H](O)C[C@@H]12. The molecule has 4 fully saturated rings. The minimum Gasteiger partial charge on any atom is -0.393 e. The zero-order valence-electron chi connectivity index (χ0n) is 28.1. The van der Waals surface area contributed by atoms with Crippen LogP contribution >= 0.6 is 0 Å². The second-order valence-corrected chi connectivity index (χ2v) is 18.2. The fourth-order valence-corrected chi connectivity index (χ4v) is 11.8. The van der Waals surface area contributed by atoms with E-state index in [4.69, 9.17) is 0 Å². The van der Waals surface area contributed by atoms with Crippen LogP contribution in [-0.4, -0.2) is 43.4 Å². The van der Waals surface area contributed by atoms with E-state index in [-0.39, 0.29) is 39.3 Å². The summed E-state index contributed by atoms with van der Waals surface area (Å²) in [5, 5.41) is 25.3. The Morgan fingerprint density at radius 1 is 0.977 bits per heavy atom. The maximum absolute atomic E-state index is 12.8. The van der Waals surface area contributed by atoms with Crippen LogP contribution in [0.15, 0.2) is 29.2 Å². The van der Waals surface area contributed by atoms with E-state index in [0.29, 0.717) is 42.1 Å². The van der Waals surface area contributed by atoms with Crippen LogP contribution in [0.1, 0.15) is 112 Å². The highest BCUT2D eigenvalue weighted by Crippen LogP contribution is 2.69. The maximum Gasteiger partial charge on any atom is 0.328 e. The summed E-state index contributed by atoms with van der Waals surface area (Å²) in [6, 6.07) is 6.00. The molecule has 11 atom stereocenters. The van der Waals surface area contributed by atoms with Crippen LogP contribution in [0.5, 0.6) is 0 Å². The van der Waals surface area contributed by atoms with E-state index >= 15 is 0 Å². The van der Waals surface area contributed by atoms with Crippen molar-refractivity contribution in [1.29, 1.82) is 0 Å². The van der Waals surface area contributed by atoms with E-state index < -0.39 is 16.1 Å². The van der Waals surface area contributed by atoms with Crippen molar-refractivity contribution in [2.75, 3.05) is 6.54 Å². The van der Waals surface area contributed by atoms with E-state index in [0.717, 1.165) is 56.9 Å². The number of fused-ring (bicyclic) bond motifs is 5. The average Bonchev–Trinajstić information content (AvgIpc) is 3.30. The van der Waals surface area contributed by atoms with Crippen LogP contribution in [0.4, 0.5) is 4.79 Å². The van der Waals surface area contributed by atoms with E-state index in [1.807, 2.05) is 0 Å². The highest BCUT2D eigenvalue weighted by Gasteiger charge is 2.64. The van der Waals surface area contributed by atoms with E-state index in [1.54, 1.807) is 24.3 Å². The predicted octanol–water partition coefficient (Wildman–Crippen LogP) is 6.62. The standard InChI is InChI=1S/C36H58N2O5S/c1-8-26-30-21-24(39)15-18-36(30,7)29-16-19-35(6)27(13-14-28(35)31(29)32(26)40)22(2)17-20-37-33(41)38-44(42,43)25-11-9-23(10-12-25)34(3,4)5/h9-12,22,24,26-32,39-40H,8,13-21H2,1-7H3,(H2,37,38,41)/t22-,24-,26-,27?,28+,29+,30+,31+,32-,35-,36-/m1/s1. The second kappa shape index (κ2) is 12.2. The van der Waals surface area contributed by atoms with Gasteiger partial charge in [0.15, 0.2) is 0 Å². The smallest absolute Gasteiger partial charge is 0.328 e. The molecule has 4 N–H and O–H groups in total. The number of aliphatic hydroxyl groups is 2. The molecule has 8 heteroatoms. The first-order valence-electron chi connectivity index (χ1n) is 17.3. The molecule has 2 amide bonds. The summed E-state index contributed by atoms with van der Waals surface area (Å²) in [5.74, 6) is 2.87. The monoisotopic (exact) mass is 630 g/mol. The average molecular weight is 631 g/mol. The third-order valence-electron chi connectivity index (χ3n) is 13.3. The van der Waals surface area contributed by atoms with Gasteiger partial charge in [-0.15, -0.1) is 0 Å². The first kappa shape index (κ1) is 33.7. The van der Waals surface area contributed by atoms with Gasteiger partial charge in [-0.2, -0.15) is 0 Å². The third kappa shape index (κ3) is 5.97. The van der Waals surface area contributed by atoms with Gasteiger partial charge in [-0.25, -0.2) is 17.9 Å². The third-order valence-corrected chi connectivity index (χ3v) is 14.6. The molecule has 4 aliphatic carbocycles. The molecule has 7 nitrogen and oxygen atoms in total. The summed E-state index contributed by atoms with van der Waals surface area (Å²) >= 11 is 0. The second-order valence-electron chi connectivity index (χ2n) is 16.5. The van der Waals surface area contributed by atoms with Gasteiger partial charge in [0.2, 0.25) is 0 Å². The lowest BCUT2D eigenvalue weighted by atomic mass is 9.41. The zero-order chi connectivity index (χ0) is 32.2. The van der Waals surface area contributed by atoms with Crippen molar-refractivity contribution in [2.45, 2.75) is 129 Å². The van der Waals surface area contributed by atoms with E-state index in [1.165, 1.54) is 6.42 Å². The van der Waals surface area contributed by atoms with Gasteiger partial charge in [-0.1, -0.05) is 67.0 Å². The first-order valence-corrected chi connectivity index (χ1v) is 18.8. The maximum atomic E-state index is 12.8. The lowest BCUT2D eigenvalue weighted by Gasteiger charge is -2.64. The Labute approximate surface area is 266 Å².